The van der Waals surface area contributed by atoms with E-state index in [0.29, 0.717) is 16.5 Å². The van der Waals surface area contributed by atoms with Gasteiger partial charge in [-0.2, -0.15) is 5.26 Å². The standard InChI is InChI=1S/C22H23N3O3S/c1-13(2)28-18-10-9-15(11-19(18)27-4)20-24-21(26)16(12-23)22(29)25(20)17-8-6-5-7-14(17)3/h5-11,13,20,29H,1-4H3,(H,24,26). The molecule has 1 heterocycles. The van der Waals surface area contributed by atoms with Crippen molar-refractivity contribution in [2.75, 3.05) is 12.0 Å². The van der Waals surface area contributed by atoms with Gasteiger partial charge in [0, 0.05) is 5.69 Å². The number of benzene rings is 2. The smallest absolute Gasteiger partial charge is 0.266 e. The van der Waals surface area contributed by atoms with E-state index < -0.39 is 12.1 Å². The zero-order valence-electron chi connectivity index (χ0n) is 16.8. The molecule has 6 nitrogen and oxygen atoms in total. The van der Waals surface area contributed by atoms with Gasteiger partial charge in [0.25, 0.3) is 5.91 Å². The number of thiol groups is 1. The van der Waals surface area contributed by atoms with E-state index in [2.05, 4.69) is 17.9 Å². The maximum Gasteiger partial charge on any atom is 0.266 e. The van der Waals surface area contributed by atoms with Gasteiger partial charge in [-0.25, -0.2) is 0 Å². The fourth-order valence-electron chi connectivity index (χ4n) is 3.23. The Morgan fingerprint density at radius 3 is 2.55 bits per heavy atom. The second-order valence-electron chi connectivity index (χ2n) is 6.92. The van der Waals surface area contributed by atoms with Gasteiger partial charge in [-0.05, 0) is 50.1 Å². The Morgan fingerprint density at radius 1 is 1.21 bits per heavy atom. The molecule has 0 saturated carbocycles. The number of aryl methyl sites for hydroxylation is 1. The minimum absolute atomic E-state index is 0.00207. The molecule has 1 N–H and O–H groups in total. The Hall–Kier alpha value is -3.11. The molecule has 2 aromatic rings. The summed E-state index contributed by atoms with van der Waals surface area (Å²) in [5.74, 6) is 0.718. The topological polar surface area (TPSA) is 74.6 Å². The summed E-state index contributed by atoms with van der Waals surface area (Å²) >= 11 is 4.54. The minimum Gasteiger partial charge on any atom is -0.493 e. The SMILES string of the molecule is COc1cc(C2NC(=O)C(C#N)=C(S)N2c2ccccc2C)ccc1OC(C)C. The number of ether oxygens (including phenoxy) is 2. The number of carbonyl (C=O) groups is 1. The molecule has 1 atom stereocenters. The summed E-state index contributed by atoms with van der Waals surface area (Å²) in [4.78, 5) is 14.4. The lowest BCUT2D eigenvalue weighted by Gasteiger charge is -2.38. The number of nitrogens with zero attached hydrogens (tertiary/aromatic N) is 2. The van der Waals surface area contributed by atoms with E-state index >= 15 is 0 Å². The molecule has 0 spiro atoms. The molecular formula is C22H23N3O3S. The molecule has 150 valence electrons. The number of amides is 1. The van der Waals surface area contributed by atoms with E-state index in [9.17, 15) is 10.1 Å². The fourth-order valence-corrected chi connectivity index (χ4v) is 3.61. The van der Waals surface area contributed by atoms with E-state index in [0.717, 1.165) is 16.8 Å². The highest BCUT2D eigenvalue weighted by atomic mass is 32.1. The molecule has 3 rings (SSSR count). The fraction of sp³-hybridized carbons (Fsp3) is 0.273. The molecule has 0 aromatic heterocycles. The summed E-state index contributed by atoms with van der Waals surface area (Å²) in [5, 5.41) is 12.7. The number of nitrogens with one attached hydrogen (secondary N) is 1. The number of hydrogen-bond donors (Lipinski definition) is 2. The highest BCUT2D eigenvalue weighted by Gasteiger charge is 2.35. The predicted octanol–water partition coefficient (Wildman–Crippen LogP) is 4.09. The van der Waals surface area contributed by atoms with Crippen LogP contribution in [0.5, 0.6) is 11.5 Å². The zero-order chi connectivity index (χ0) is 21.1. The molecule has 1 unspecified atom stereocenters. The van der Waals surface area contributed by atoms with Crippen molar-refractivity contribution < 1.29 is 14.3 Å². The van der Waals surface area contributed by atoms with Gasteiger partial charge >= 0.3 is 0 Å². The molecule has 29 heavy (non-hydrogen) atoms. The quantitative estimate of drug-likeness (QED) is 0.728. The largest absolute Gasteiger partial charge is 0.493 e. The summed E-state index contributed by atoms with van der Waals surface area (Å²) in [6.45, 7) is 5.85. The van der Waals surface area contributed by atoms with Gasteiger partial charge < -0.3 is 19.7 Å². The van der Waals surface area contributed by atoms with Gasteiger partial charge in [0.1, 0.15) is 17.8 Å². The molecule has 0 radical (unpaired) electrons. The van der Waals surface area contributed by atoms with Crippen molar-refractivity contribution in [2.45, 2.75) is 33.0 Å². The highest BCUT2D eigenvalue weighted by Crippen LogP contribution is 2.39. The summed E-state index contributed by atoms with van der Waals surface area (Å²) in [5.41, 5.74) is 2.58. The second-order valence-corrected chi connectivity index (χ2v) is 7.34. The maximum absolute atomic E-state index is 12.5. The van der Waals surface area contributed by atoms with Crippen molar-refractivity contribution in [3.8, 4) is 17.6 Å². The zero-order valence-corrected chi connectivity index (χ0v) is 17.7. The van der Waals surface area contributed by atoms with Crippen LogP contribution in [0.1, 0.15) is 31.1 Å². The lowest BCUT2D eigenvalue weighted by atomic mass is 10.0. The van der Waals surface area contributed by atoms with E-state index in [1.165, 1.54) is 0 Å². The maximum atomic E-state index is 12.5. The number of para-hydroxylation sites is 1. The number of carbonyl (C=O) groups excluding carboxylic acids is 1. The third-order valence-corrected chi connectivity index (χ3v) is 5.00. The number of rotatable bonds is 5. The summed E-state index contributed by atoms with van der Waals surface area (Å²) in [6, 6.07) is 15.2. The van der Waals surface area contributed by atoms with Gasteiger partial charge in [0.15, 0.2) is 11.5 Å². The molecule has 1 amide bonds. The second kappa shape index (κ2) is 8.50. The molecule has 0 aliphatic carbocycles. The summed E-state index contributed by atoms with van der Waals surface area (Å²) in [6.07, 6.45) is -0.562. The molecule has 0 bridgehead atoms. The van der Waals surface area contributed by atoms with Crippen LogP contribution >= 0.6 is 12.6 Å². The van der Waals surface area contributed by atoms with E-state index in [4.69, 9.17) is 9.47 Å². The third kappa shape index (κ3) is 4.03. The molecule has 0 fully saturated rings. The monoisotopic (exact) mass is 409 g/mol. The van der Waals surface area contributed by atoms with E-state index in [1.807, 2.05) is 74.2 Å². The Bertz CT molecular complexity index is 1010. The Balaban J connectivity index is 2.14. The van der Waals surface area contributed by atoms with Crippen LogP contribution in [-0.2, 0) is 4.79 Å². The molecule has 1 aliphatic heterocycles. The van der Waals surface area contributed by atoms with Crippen molar-refractivity contribution in [2.24, 2.45) is 0 Å². The van der Waals surface area contributed by atoms with Crippen molar-refractivity contribution >= 4 is 24.2 Å². The van der Waals surface area contributed by atoms with Crippen molar-refractivity contribution in [1.82, 2.24) is 5.32 Å². The number of methoxy groups -OCH3 is 1. The molecule has 2 aromatic carbocycles. The van der Waals surface area contributed by atoms with Crippen LogP contribution < -0.4 is 19.7 Å². The summed E-state index contributed by atoms with van der Waals surface area (Å²) in [7, 11) is 1.57. The van der Waals surface area contributed by atoms with Crippen molar-refractivity contribution in [3.05, 3.63) is 64.2 Å². The van der Waals surface area contributed by atoms with Crippen LogP contribution in [0.4, 0.5) is 5.69 Å². The summed E-state index contributed by atoms with van der Waals surface area (Å²) < 4.78 is 11.3. The van der Waals surface area contributed by atoms with Gasteiger partial charge in [-0.15, -0.1) is 12.6 Å². The Kier molecular flexibility index (Phi) is 6.04. The third-order valence-electron chi connectivity index (χ3n) is 4.56. The van der Waals surface area contributed by atoms with E-state index in [-0.39, 0.29) is 11.7 Å². The van der Waals surface area contributed by atoms with Crippen LogP contribution in [0.3, 0.4) is 0 Å². The first kappa shape index (κ1) is 20.6. The first-order valence-electron chi connectivity index (χ1n) is 9.21. The minimum atomic E-state index is -0.560. The van der Waals surface area contributed by atoms with Gasteiger partial charge in [-0.3, -0.25) is 4.79 Å². The molecular weight excluding hydrogens is 386 g/mol. The lowest BCUT2D eigenvalue weighted by Crippen LogP contribution is -2.46. The van der Waals surface area contributed by atoms with Crippen LogP contribution in [0.2, 0.25) is 0 Å². The average molecular weight is 410 g/mol. The molecule has 7 heteroatoms. The number of anilines is 1. The molecule has 0 saturated heterocycles. The van der Waals surface area contributed by atoms with Crippen LogP contribution in [0.25, 0.3) is 0 Å². The lowest BCUT2D eigenvalue weighted by molar-refractivity contribution is -0.118. The Labute approximate surface area is 176 Å². The van der Waals surface area contributed by atoms with Crippen molar-refractivity contribution in [1.29, 1.82) is 5.26 Å². The van der Waals surface area contributed by atoms with Crippen LogP contribution in [-0.4, -0.2) is 19.1 Å². The first-order valence-corrected chi connectivity index (χ1v) is 9.65. The van der Waals surface area contributed by atoms with Crippen molar-refractivity contribution in [3.63, 3.8) is 0 Å². The number of nitriles is 1. The molecule has 1 aliphatic rings. The first-order chi connectivity index (χ1) is 13.9. The van der Waals surface area contributed by atoms with Crippen LogP contribution in [0.15, 0.2) is 53.1 Å². The van der Waals surface area contributed by atoms with Gasteiger partial charge in [0.2, 0.25) is 0 Å². The van der Waals surface area contributed by atoms with Gasteiger partial charge in [-0.1, -0.05) is 24.3 Å². The highest BCUT2D eigenvalue weighted by molar-refractivity contribution is 7.84. The van der Waals surface area contributed by atoms with Crippen LogP contribution in [0, 0.1) is 18.3 Å². The number of hydrogen-bond acceptors (Lipinski definition) is 6. The van der Waals surface area contributed by atoms with Gasteiger partial charge in [0.05, 0.1) is 18.2 Å². The normalized spacial score (nSPS) is 16.5. The van der Waals surface area contributed by atoms with E-state index in [1.54, 1.807) is 7.11 Å². The Morgan fingerprint density at radius 2 is 1.93 bits per heavy atom. The average Bonchev–Trinajstić information content (AvgIpc) is 2.69. The predicted molar refractivity (Wildman–Crippen MR) is 115 cm³/mol.